The summed E-state index contributed by atoms with van der Waals surface area (Å²) >= 11 is 0. The maximum atomic E-state index is 9.31. The molecule has 7 nitrogen and oxygen atoms in total. The normalized spacial score (nSPS) is 24.6. The second-order valence-corrected chi connectivity index (χ2v) is 8.68. The van der Waals surface area contributed by atoms with E-state index in [4.69, 9.17) is 15.6 Å². The first-order chi connectivity index (χ1) is 14.2. The molecular weight excluding hydrogens is 364 g/mol. The topological polar surface area (TPSA) is 93.0 Å². The number of anilines is 1. The molecule has 2 aromatic heterocycles. The first-order valence-electron chi connectivity index (χ1n) is 10.5. The van der Waals surface area contributed by atoms with E-state index in [9.17, 15) is 5.26 Å². The predicted molar refractivity (Wildman–Crippen MR) is 109 cm³/mol. The quantitative estimate of drug-likeness (QED) is 0.865. The Morgan fingerprint density at radius 1 is 1.17 bits per heavy atom. The van der Waals surface area contributed by atoms with Crippen molar-refractivity contribution in [3.63, 3.8) is 0 Å². The van der Waals surface area contributed by atoms with Gasteiger partial charge in [0.1, 0.15) is 11.9 Å². The van der Waals surface area contributed by atoms with Crippen LogP contribution in [0.3, 0.4) is 0 Å². The van der Waals surface area contributed by atoms with Gasteiger partial charge in [-0.25, -0.2) is 4.98 Å². The van der Waals surface area contributed by atoms with E-state index >= 15 is 0 Å². The number of fused-ring (bicyclic) bond motifs is 1. The number of rotatable bonds is 4. The van der Waals surface area contributed by atoms with Crippen LogP contribution in [-0.4, -0.2) is 52.0 Å². The molecule has 7 heteroatoms. The highest BCUT2D eigenvalue weighted by atomic mass is 16.5. The second kappa shape index (κ2) is 6.41. The summed E-state index contributed by atoms with van der Waals surface area (Å²) in [5, 5.41) is 14.3. The lowest BCUT2D eigenvalue weighted by Gasteiger charge is -2.35. The van der Waals surface area contributed by atoms with E-state index in [1.807, 2.05) is 0 Å². The fourth-order valence-electron chi connectivity index (χ4n) is 5.16. The van der Waals surface area contributed by atoms with Gasteiger partial charge in [-0.15, -0.1) is 0 Å². The van der Waals surface area contributed by atoms with Crippen molar-refractivity contribution in [2.45, 2.75) is 37.8 Å². The van der Waals surface area contributed by atoms with E-state index in [0.29, 0.717) is 23.6 Å². The molecular formula is C22H24N6O. The third-order valence-corrected chi connectivity index (χ3v) is 6.98. The van der Waals surface area contributed by atoms with Crippen LogP contribution in [0.1, 0.15) is 43.0 Å². The molecule has 1 saturated carbocycles. The van der Waals surface area contributed by atoms with Crippen LogP contribution in [0, 0.1) is 17.2 Å². The van der Waals surface area contributed by atoms with Gasteiger partial charge in [0.25, 0.3) is 0 Å². The molecule has 2 saturated heterocycles. The van der Waals surface area contributed by atoms with Crippen molar-refractivity contribution in [1.29, 1.82) is 5.26 Å². The molecule has 2 aliphatic heterocycles. The highest BCUT2D eigenvalue weighted by Gasteiger charge is 2.48. The summed E-state index contributed by atoms with van der Waals surface area (Å²) in [5.41, 5.74) is 12.3. The smallest absolute Gasteiger partial charge is 0.141 e. The molecule has 29 heavy (non-hydrogen) atoms. The van der Waals surface area contributed by atoms with Gasteiger partial charge in [-0.3, -0.25) is 9.58 Å². The zero-order chi connectivity index (χ0) is 19.5. The summed E-state index contributed by atoms with van der Waals surface area (Å²) in [6.45, 7) is 3.95. The molecule has 148 valence electrons. The average molecular weight is 388 g/mol. The molecule has 0 spiro atoms. The van der Waals surface area contributed by atoms with Gasteiger partial charge < -0.3 is 10.5 Å². The second-order valence-electron chi connectivity index (χ2n) is 8.68. The standard InChI is InChI=1S/C22H24N6O/c23-7-13-5-14(8-25-22(13)24)19-6-20(28(26-19)15-3-1-2-4-15)21-17-9-27(10-18(17)21)16-11-29-12-16/h5-6,8,15-17H,1-4,9-12H2,(H2,24,25). The number of aromatic nitrogens is 3. The lowest BCUT2D eigenvalue weighted by molar-refractivity contribution is -0.0572. The first-order valence-corrected chi connectivity index (χ1v) is 10.5. The number of nitriles is 1. The monoisotopic (exact) mass is 388 g/mol. The van der Waals surface area contributed by atoms with Gasteiger partial charge >= 0.3 is 0 Å². The number of nitrogens with two attached hydrogens (primary N) is 1. The maximum Gasteiger partial charge on any atom is 0.141 e. The fraction of sp³-hybridized carbons (Fsp3) is 0.500. The molecule has 2 aliphatic carbocycles. The van der Waals surface area contributed by atoms with E-state index in [1.165, 1.54) is 37.0 Å². The number of pyridine rings is 1. The van der Waals surface area contributed by atoms with E-state index in [2.05, 4.69) is 26.7 Å². The van der Waals surface area contributed by atoms with Crippen molar-refractivity contribution in [2.24, 2.45) is 5.92 Å². The third kappa shape index (κ3) is 2.70. The van der Waals surface area contributed by atoms with Crippen molar-refractivity contribution in [1.82, 2.24) is 19.7 Å². The van der Waals surface area contributed by atoms with Gasteiger partial charge in [-0.05, 0) is 36.1 Å². The minimum absolute atomic E-state index is 0.272. The molecule has 4 aliphatic rings. The molecule has 0 radical (unpaired) electrons. The first kappa shape index (κ1) is 17.2. The van der Waals surface area contributed by atoms with E-state index in [-0.39, 0.29) is 5.82 Å². The van der Waals surface area contributed by atoms with Crippen molar-refractivity contribution < 1.29 is 4.74 Å². The lowest BCUT2D eigenvalue weighted by Crippen LogP contribution is -2.48. The molecule has 3 fully saturated rings. The van der Waals surface area contributed by atoms with Crippen LogP contribution in [0.2, 0.25) is 0 Å². The fourth-order valence-corrected chi connectivity index (χ4v) is 5.16. The van der Waals surface area contributed by atoms with Crippen LogP contribution >= 0.6 is 0 Å². The SMILES string of the molecule is N#Cc1cc(-c2cc(C3=C4CN(C5COC5)CC43)n(C3CCCC3)n2)cnc1N. The van der Waals surface area contributed by atoms with Crippen LogP contribution in [0.25, 0.3) is 16.8 Å². The Labute approximate surface area is 169 Å². The van der Waals surface area contributed by atoms with Crippen LogP contribution < -0.4 is 5.73 Å². The van der Waals surface area contributed by atoms with Crippen molar-refractivity contribution >= 4 is 11.4 Å². The summed E-state index contributed by atoms with van der Waals surface area (Å²) in [6, 6.07) is 7.21. The third-order valence-electron chi connectivity index (χ3n) is 6.98. The van der Waals surface area contributed by atoms with Gasteiger partial charge in [-0.2, -0.15) is 10.4 Å². The molecule has 2 aromatic rings. The molecule has 0 bridgehead atoms. The van der Waals surface area contributed by atoms with Gasteiger partial charge in [0, 0.05) is 30.8 Å². The lowest BCUT2D eigenvalue weighted by atomic mass is 10.1. The number of likely N-dealkylation sites (tertiary alicyclic amines) is 1. The Balaban J connectivity index is 1.36. The van der Waals surface area contributed by atoms with Crippen LogP contribution in [0.15, 0.2) is 23.9 Å². The summed E-state index contributed by atoms with van der Waals surface area (Å²) in [6.07, 6.45) is 6.65. The van der Waals surface area contributed by atoms with E-state index in [0.717, 1.165) is 37.6 Å². The molecule has 1 atom stereocenters. The number of hydrogen-bond acceptors (Lipinski definition) is 6. The highest BCUT2D eigenvalue weighted by molar-refractivity contribution is 5.87. The minimum atomic E-state index is 0.272. The largest absolute Gasteiger partial charge is 0.383 e. The molecule has 6 rings (SSSR count). The summed E-state index contributed by atoms with van der Waals surface area (Å²) in [7, 11) is 0. The van der Waals surface area contributed by atoms with Crippen LogP contribution in [0.5, 0.6) is 0 Å². The van der Waals surface area contributed by atoms with E-state index in [1.54, 1.807) is 17.8 Å². The molecule has 2 N–H and O–H groups in total. The number of nitrogens with zero attached hydrogens (tertiary/aromatic N) is 5. The summed E-state index contributed by atoms with van der Waals surface area (Å²) < 4.78 is 7.63. The predicted octanol–water partition coefficient (Wildman–Crippen LogP) is 2.61. The maximum absolute atomic E-state index is 9.31. The van der Waals surface area contributed by atoms with Crippen LogP contribution in [-0.2, 0) is 4.74 Å². The average Bonchev–Trinajstić information content (AvgIpc) is 3.19. The van der Waals surface area contributed by atoms with Crippen LogP contribution in [0.4, 0.5) is 5.82 Å². The van der Waals surface area contributed by atoms with Crippen molar-refractivity contribution in [2.75, 3.05) is 32.0 Å². The molecule has 0 amide bonds. The Bertz CT molecular complexity index is 1050. The molecule has 0 aromatic carbocycles. The highest BCUT2D eigenvalue weighted by Crippen LogP contribution is 2.53. The number of ether oxygens (including phenoxy) is 1. The van der Waals surface area contributed by atoms with Gasteiger partial charge in [-0.1, -0.05) is 12.8 Å². The van der Waals surface area contributed by atoms with E-state index < -0.39 is 0 Å². The van der Waals surface area contributed by atoms with Gasteiger partial charge in [0.15, 0.2) is 0 Å². The van der Waals surface area contributed by atoms with Gasteiger partial charge in [0.2, 0.25) is 0 Å². The summed E-state index contributed by atoms with van der Waals surface area (Å²) in [4.78, 5) is 6.76. The van der Waals surface area contributed by atoms with Crippen molar-refractivity contribution in [3.05, 3.63) is 35.2 Å². The zero-order valence-electron chi connectivity index (χ0n) is 16.3. The Morgan fingerprint density at radius 3 is 2.66 bits per heavy atom. The summed E-state index contributed by atoms with van der Waals surface area (Å²) in [5.74, 6) is 0.855. The molecule has 4 heterocycles. The Kier molecular flexibility index (Phi) is 3.80. The minimum Gasteiger partial charge on any atom is -0.383 e. The zero-order valence-corrected chi connectivity index (χ0v) is 16.3. The van der Waals surface area contributed by atoms with Gasteiger partial charge in [0.05, 0.1) is 42.2 Å². The van der Waals surface area contributed by atoms with Crippen molar-refractivity contribution in [3.8, 4) is 17.3 Å². The Morgan fingerprint density at radius 2 is 2.00 bits per heavy atom. The Hall–Kier alpha value is -2.69. The molecule has 1 unspecified atom stereocenters. The number of nitrogen functional groups attached to an aromatic ring is 1. The number of hydrogen-bond donors (Lipinski definition) is 1.